The summed E-state index contributed by atoms with van der Waals surface area (Å²) in [5, 5.41) is 20.6. The summed E-state index contributed by atoms with van der Waals surface area (Å²) in [6, 6.07) is 2.25. The van der Waals surface area contributed by atoms with Gasteiger partial charge in [0.25, 0.3) is 0 Å². The van der Waals surface area contributed by atoms with Crippen LogP contribution in [0, 0.1) is 22.7 Å². The molecular weight excluding hydrogens is 279 g/mol. The van der Waals surface area contributed by atoms with E-state index in [9.17, 15) is 23.5 Å². The number of alkyl halides is 3. The molecule has 0 aromatic carbocycles. The Labute approximate surface area is 124 Å². The first-order valence-corrected chi connectivity index (χ1v) is 8.03. The molecule has 0 radical (unpaired) electrons. The second kappa shape index (κ2) is 6.16. The van der Waals surface area contributed by atoms with Crippen molar-refractivity contribution in [1.82, 2.24) is 0 Å². The Hall–Kier alpha value is -0.760. The molecule has 2 aliphatic carbocycles. The van der Waals surface area contributed by atoms with Gasteiger partial charge in [0, 0.05) is 0 Å². The SMILES string of the molecule is N#CC1(C2(O)CCCC(C(F)(F)F)C2)CCCCCCC1. The van der Waals surface area contributed by atoms with Crippen LogP contribution < -0.4 is 0 Å². The van der Waals surface area contributed by atoms with Crippen molar-refractivity contribution in [2.75, 3.05) is 0 Å². The van der Waals surface area contributed by atoms with Gasteiger partial charge in [0.1, 0.15) is 0 Å². The van der Waals surface area contributed by atoms with Crippen molar-refractivity contribution in [1.29, 1.82) is 5.26 Å². The smallest absolute Gasteiger partial charge is 0.388 e. The van der Waals surface area contributed by atoms with Gasteiger partial charge in [-0.25, -0.2) is 0 Å². The van der Waals surface area contributed by atoms with E-state index >= 15 is 0 Å². The van der Waals surface area contributed by atoms with Crippen molar-refractivity contribution in [3.8, 4) is 6.07 Å². The highest BCUT2D eigenvalue weighted by atomic mass is 19.4. The van der Waals surface area contributed by atoms with Crippen LogP contribution in [0.2, 0.25) is 0 Å². The number of hydrogen-bond donors (Lipinski definition) is 1. The molecule has 0 amide bonds. The van der Waals surface area contributed by atoms with Crippen LogP contribution in [0.4, 0.5) is 13.2 Å². The Morgan fingerprint density at radius 2 is 1.52 bits per heavy atom. The Morgan fingerprint density at radius 3 is 2.05 bits per heavy atom. The lowest BCUT2D eigenvalue weighted by molar-refractivity contribution is -0.213. The number of nitrogens with zero attached hydrogens (tertiary/aromatic N) is 1. The predicted molar refractivity (Wildman–Crippen MR) is 73.3 cm³/mol. The third-order valence-corrected chi connectivity index (χ3v) is 5.50. The van der Waals surface area contributed by atoms with Gasteiger partial charge in [0.2, 0.25) is 0 Å². The second-order valence-corrected chi connectivity index (χ2v) is 6.83. The largest absolute Gasteiger partial charge is 0.391 e. The van der Waals surface area contributed by atoms with Gasteiger partial charge >= 0.3 is 6.18 Å². The van der Waals surface area contributed by atoms with Gasteiger partial charge in [-0.15, -0.1) is 0 Å². The van der Waals surface area contributed by atoms with Crippen LogP contribution in [-0.4, -0.2) is 16.9 Å². The normalized spacial score (nSPS) is 34.5. The van der Waals surface area contributed by atoms with E-state index in [4.69, 9.17) is 0 Å². The third-order valence-electron chi connectivity index (χ3n) is 5.50. The van der Waals surface area contributed by atoms with Crippen LogP contribution >= 0.6 is 0 Å². The van der Waals surface area contributed by atoms with Gasteiger partial charge in [0.05, 0.1) is 23.0 Å². The molecular formula is C16H24F3NO. The molecule has 0 bridgehead atoms. The molecule has 2 fully saturated rings. The lowest BCUT2D eigenvalue weighted by Crippen LogP contribution is -2.52. The van der Waals surface area contributed by atoms with Crippen LogP contribution in [0.5, 0.6) is 0 Å². The summed E-state index contributed by atoms with van der Waals surface area (Å²) in [4.78, 5) is 0. The summed E-state index contributed by atoms with van der Waals surface area (Å²) >= 11 is 0. The molecule has 2 atom stereocenters. The van der Waals surface area contributed by atoms with E-state index in [1.54, 1.807) is 0 Å². The van der Waals surface area contributed by atoms with Crippen LogP contribution in [0.3, 0.4) is 0 Å². The van der Waals surface area contributed by atoms with E-state index in [0.717, 1.165) is 32.1 Å². The Balaban J connectivity index is 2.23. The minimum Gasteiger partial charge on any atom is -0.388 e. The van der Waals surface area contributed by atoms with E-state index < -0.39 is 23.1 Å². The minimum atomic E-state index is -4.27. The summed E-state index contributed by atoms with van der Waals surface area (Å²) in [7, 11) is 0. The average molecular weight is 303 g/mol. The standard InChI is InChI=1S/C16H24F3NO/c17-16(18,19)13-7-6-10-15(21,11-13)14(12-20)8-4-2-1-3-5-9-14/h13,21H,1-11H2. The fraction of sp³-hybridized carbons (Fsp3) is 0.938. The molecule has 2 rings (SSSR count). The van der Waals surface area contributed by atoms with Crippen molar-refractivity contribution in [2.45, 2.75) is 82.4 Å². The van der Waals surface area contributed by atoms with E-state index in [-0.39, 0.29) is 12.8 Å². The summed E-state index contributed by atoms with van der Waals surface area (Å²) in [6.07, 6.45) is 2.02. The number of hydrogen-bond acceptors (Lipinski definition) is 2. The molecule has 0 heterocycles. The molecule has 0 saturated heterocycles. The highest BCUT2D eigenvalue weighted by molar-refractivity contribution is 5.13. The van der Waals surface area contributed by atoms with Crippen molar-refractivity contribution in [2.24, 2.45) is 11.3 Å². The third kappa shape index (κ3) is 3.36. The molecule has 0 aliphatic heterocycles. The van der Waals surface area contributed by atoms with E-state index in [1.165, 1.54) is 0 Å². The average Bonchev–Trinajstić information content (AvgIpc) is 2.38. The lowest BCUT2D eigenvalue weighted by atomic mass is 9.59. The van der Waals surface area contributed by atoms with Crippen LogP contribution in [0.15, 0.2) is 0 Å². The monoisotopic (exact) mass is 303 g/mol. The Morgan fingerprint density at radius 1 is 0.952 bits per heavy atom. The summed E-state index contributed by atoms with van der Waals surface area (Å²) in [6.45, 7) is 0. The number of rotatable bonds is 1. The van der Waals surface area contributed by atoms with Crippen LogP contribution in [0.25, 0.3) is 0 Å². The van der Waals surface area contributed by atoms with Gasteiger partial charge in [-0.3, -0.25) is 0 Å². The molecule has 1 N–H and O–H groups in total. The van der Waals surface area contributed by atoms with Crippen molar-refractivity contribution < 1.29 is 18.3 Å². The second-order valence-electron chi connectivity index (χ2n) is 6.83. The summed E-state index contributed by atoms with van der Waals surface area (Å²) in [5.41, 5.74) is -2.46. The van der Waals surface area contributed by atoms with Gasteiger partial charge in [0.15, 0.2) is 0 Å². The topological polar surface area (TPSA) is 44.0 Å². The predicted octanol–water partition coefficient (Wildman–Crippen LogP) is 4.72. The molecule has 2 aliphatic rings. The van der Waals surface area contributed by atoms with E-state index in [1.807, 2.05) is 0 Å². The van der Waals surface area contributed by atoms with Gasteiger partial charge in [-0.1, -0.05) is 32.1 Å². The molecule has 0 aromatic rings. The van der Waals surface area contributed by atoms with Gasteiger partial charge < -0.3 is 5.11 Å². The molecule has 2 nitrogen and oxygen atoms in total. The van der Waals surface area contributed by atoms with E-state index in [0.29, 0.717) is 25.7 Å². The first-order chi connectivity index (χ1) is 9.83. The number of nitriles is 1. The van der Waals surface area contributed by atoms with E-state index in [2.05, 4.69) is 6.07 Å². The van der Waals surface area contributed by atoms with Gasteiger partial charge in [-0.05, 0) is 38.5 Å². The van der Waals surface area contributed by atoms with Crippen molar-refractivity contribution in [3.63, 3.8) is 0 Å². The zero-order valence-electron chi connectivity index (χ0n) is 12.4. The maximum absolute atomic E-state index is 13.0. The summed E-state index contributed by atoms with van der Waals surface area (Å²) in [5.74, 6) is -1.47. The lowest BCUT2D eigenvalue weighted by Gasteiger charge is -2.48. The van der Waals surface area contributed by atoms with Crippen LogP contribution in [0.1, 0.15) is 70.6 Å². The zero-order valence-corrected chi connectivity index (χ0v) is 12.4. The zero-order chi connectivity index (χ0) is 15.6. The highest BCUT2D eigenvalue weighted by Gasteiger charge is 2.56. The van der Waals surface area contributed by atoms with Gasteiger partial charge in [-0.2, -0.15) is 18.4 Å². The van der Waals surface area contributed by atoms with Crippen molar-refractivity contribution >= 4 is 0 Å². The highest BCUT2D eigenvalue weighted by Crippen LogP contribution is 2.53. The molecule has 0 aromatic heterocycles. The minimum absolute atomic E-state index is 0.0767. The first kappa shape index (κ1) is 16.6. The molecule has 0 spiro atoms. The molecule has 2 saturated carbocycles. The number of aliphatic hydroxyl groups is 1. The quantitative estimate of drug-likeness (QED) is 0.761. The molecule has 21 heavy (non-hydrogen) atoms. The van der Waals surface area contributed by atoms with Crippen molar-refractivity contribution in [3.05, 3.63) is 0 Å². The fourth-order valence-corrected chi connectivity index (χ4v) is 4.16. The molecule has 5 heteroatoms. The van der Waals surface area contributed by atoms with Crippen LogP contribution in [-0.2, 0) is 0 Å². The number of halogens is 3. The first-order valence-electron chi connectivity index (χ1n) is 8.03. The Bertz CT molecular complexity index is 393. The maximum Gasteiger partial charge on any atom is 0.391 e. The molecule has 2 unspecified atom stereocenters. The maximum atomic E-state index is 13.0. The fourth-order valence-electron chi connectivity index (χ4n) is 4.16. The Kier molecular flexibility index (Phi) is 4.87. The molecule has 120 valence electrons. The summed E-state index contributed by atoms with van der Waals surface area (Å²) < 4.78 is 39.1.